The zero-order valence-corrected chi connectivity index (χ0v) is 10.4. The number of rotatable bonds is 5. The van der Waals surface area contributed by atoms with Crippen molar-refractivity contribution in [2.75, 3.05) is 13.2 Å². The molecule has 3 heteroatoms. The lowest BCUT2D eigenvalue weighted by molar-refractivity contribution is 0.0810. The number of nitrogens with one attached hydrogen (secondary N) is 1. The predicted molar refractivity (Wildman–Crippen MR) is 68.5 cm³/mol. The van der Waals surface area contributed by atoms with Gasteiger partial charge in [-0.2, -0.15) is 0 Å². The first-order chi connectivity index (χ1) is 8.35. The second kappa shape index (κ2) is 6.12. The summed E-state index contributed by atoms with van der Waals surface area (Å²) in [6.07, 6.45) is 7.95. The van der Waals surface area contributed by atoms with Crippen molar-refractivity contribution < 1.29 is 5.11 Å². The zero-order valence-electron chi connectivity index (χ0n) is 10.4. The Balaban J connectivity index is 1.80. The third kappa shape index (κ3) is 3.51. The molecule has 94 valence electrons. The van der Waals surface area contributed by atoms with Gasteiger partial charge in [-0.3, -0.25) is 4.98 Å². The van der Waals surface area contributed by atoms with E-state index >= 15 is 0 Å². The molecule has 17 heavy (non-hydrogen) atoms. The third-order valence-electron chi connectivity index (χ3n) is 3.78. The molecule has 2 N–H and O–H groups in total. The molecule has 0 aromatic carbocycles. The maximum Gasteiger partial charge on any atom is 0.0541 e. The molecule has 0 unspecified atom stereocenters. The molecule has 0 bridgehead atoms. The van der Waals surface area contributed by atoms with Gasteiger partial charge in [0.2, 0.25) is 0 Å². The Hall–Kier alpha value is -0.930. The van der Waals surface area contributed by atoms with Crippen LogP contribution >= 0.6 is 0 Å². The first-order valence-corrected chi connectivity index (χ1v) is 6.56. The SMILES string of the molecule is OCC1(CNCc2ccccn2)CCCCC1. The van der Waals surface area contributed by atoms with Gasteiger partial charge in [-0.1, -0.05) is 25.3 Å². The third-order valence-corrected chi connectivity index (χ3v) is 3.78. The number of aliphatic hydroxyl groups excluding tert-OH is 1. The van der Waals surface area contributed by atoms with E-state index in [4.69, 9.17) is 0 Å². The van der Waals surface area contributed by atoms with Crippen LogP contribution in [0.2, 0.25) is 0 Å². The van der Waals surface area contributed by atoms with E-state index in [2.05, 4.69) is 10.3 Å². The predicted octanol–water partition coefficient (Wildman–Crippen LogP) is 2.11. The number of pyridine rings is 1. The monoisotopic (exact) mass is 234 g/mol. The lowest BCUT2D eigenvalue weighted by atomic mass is 9.74. The second-order valence-electron chi connectivity index (χ2n) is 5.14. The summed E-state index contributed by atoms with van der Waals surface area (Å²) >= 11 is 0. The zero-order chi connectivity index (χ0) is 12.0. The highest BCUT2D eigenvalue weighted by atomic mass is 16.3. The smallest absolute Gasteiger partial charge is 0.0541 e. The number of nitrogens with zero attached hydrogens (tertiary/aromatic N) is 1. The van der Waals surface area contributed by atoms with Crippen LogP contribution in [0, 0.1) is 5.41 Å². The maximum absolute atomic E-state index is 9.58. The summed E-state index contributed by atoms with van der Waals surface area (Å²) in [5.41, 5.74) is 1.18. The summed E-state index contributed by atoms with van der Waals surface area (Å²) in [6, 6.07) is 5.96. The Morgan fingerprint density at radius 1 is 1.24 bits per heavy atom. The quantitative estimate of drug-likeness (QED) is 0.820. The lowest BCUT2D eigenvalue weighted by Gasteiger charge is -2.35. The van der Waals surface area contributed by atoms with E-state index in [-0.39, 0.29) is 5.41 Å². The summed E-state index contributed by atoms with van der Waals surface area (Å²) in [7, 11) is 0. The van der Waals surface area contributed by atoms with E-state index in [1.807, 2.05) is 24.4 Å². The van der Waals surface area contributed by atoms with Crippen molar-refractivity contribution in [3.05, 3.63) is 30.1 Å². The van der Waals surface area contributed by atoms with Crippen molar-refractivity contribution in [3.63, 3.8) is 0 Å². The van der Waals surface area contributed by atoms with Crippen LogP contribution in [0.3, 0.4) is 0 Å². The van der Waals surface area contributed by atoms with Crippen molar-refractivity contribution in [1.29, 1.82) is 0 Å². The van der Waals surface area contributed by atoms with Crippen LogP contribution in [-0.4, -0.2) is 23.2 Å². The van der Waals surface area contributed by atoms with Crippen LogP contribution in [-0.2, 0) is 6.54 Å². The Morgan fingerprint density at radius 3 is 2.71 bits per heavy atom. The van der Waals surface area contributed by atoms with Gasteiger partial charge in [0.1, 0.15) is 0 Å². The van der Waals surface area contributed by atoms with Crippen molar-refractivity contribution >= 4 is 0 Å². The molecule has 3 nitrogen and oxygen atoms in total. The molecule has 0 aliphatic heterocycles. The van der Waals surface area contributed by atoms with Crippen LogP contribution < -0.4 is 5.32 Å². The van der Waals surface area contributed by atoms with E-state index in [1.165, 1.54) is 19.3 Å². The minimum absolute atomic E-state index is 0.118. The summed E-state index contributed by atoms with van der Waals surface area (Å²) < 4.78 is 0. The fraction of sp³-hybridized carbons (Fsp3) is 0.643. The average Bonchev–Trinajstić information content (AvgIpc) is 2.41. The Kier molecular flexibility index (Phi) is 4.51. The van der Waals surface area contributed by atoms with Gasteiger partial charge in [-0.15, -0.1) is 0 Å². The van der Waals surface area contributed by atoms with Gasteiger partial charge in [0, 0.05) is 31.3 Å². The number of aliphatic hydroxyl groups is 1. The molecule has 0 atom stereocenters. The fourth-order valence-corrected chi connectivity index (χ4v) is 2.65. The minimum Gasteiger partial charge on any atom is -0.396 e. The van der Waals surface area contributed by atoms with E-state index in [0.29, 0.717) is 6.61 Å². The first kappa shape index (κ1) is 12.5. The standard InChI is InChI=1S/C14H22N2O/c17-12-14(7-3-1-4-8-14)11-15-10-13-6-2-5-9-16-13/h2,5-6,9,15,17H,1,3-4,7-8,10-12H2. The lowest BCUT2D eigenvalue weighted by Crippen LogP contribution is -2.38. The van der Waals surface area contributed by atoms with Crippen LogP contribution in [0.4, 0.5) is 0 Å². The number of hydrogen-bond donors (Lipinski definition) is 2. The van der Waals surface area contributed by atoms with Gasteiger partial charge < -0.3 is 10.4 Å². The van der Waals surface area contributed by atoms with Gasteiger partial charge in [-0.05, 0) is 25.0 Å². The first-order valence-electron chi connectivity index (χ1n) is 6.56. The molecule has 0 radical (unpaired) electrons. The highest BCUT2D eigenvalue weighted by molar-refractivity contribution is 5.03. The summed E-state index contributed by atoms with van der Waals surface area (Å²) in [4.78, 5) is 4.28. The Bertz CT molecular complexity index is 320. The molecule has 1 aromatic rings. The molecule has 0 saturated heterocycles. The van der Waals surface area contributed by atoms with E-state index in [0.717, 1.165) is 31.6 Å². The summed E-state index contributed by atoms with van der Waals surface area (Å²) in [5.74, 6) is 0. The van der Waals surface area contributed by atoms with Gasteiger partial charge in [0.15, 0.2) is 0 Å². The normalized spacial score (nSPS) is 19.1. The average molecular weight is 234 g/mol. The van der Waals surface area contributed by atoms with Crippen LogP contribution in [0.5, 0.6) is 0 Å². The summed E-state index contributed by atoms with van der Waals surface area (Å²) in [6.45, 7) is 2.00. The molecule has 1 aliphatic rings. The molecule has 1 heterocycles. The van der Waals surface area contributed by atoms with E-state index < -0.39 is 0 Å². The molecular formula is C14H22N2O. The number of aromatic nitrogens is 1. The van der Waals surface area contributed by atoms with Gasteiger partial charge in [0.05, 0.1) is 5.69 Å². The van der Waals surface area contributed by atoms with E-state index in [9.17, 15) is 5.11 Å². The minimum atomic E-state index is 0.118. The van der Waals surface area contributed by atoms with Crippen molar-refractivity contribution in [3.8, 4) is 0 Å². The van der Waals surface area contributed by atoms with Crippen molar-refractivity contribution in [2.45, 2.75) is 38.6 Å². The Labute approximate surface area is 103 Å². The number of hydrogen-bond acceptors (Lipinski definition) is 3. The topological polar surface area (TPSA) is 45.1 Å². The molecular weight excluding hydrogens is 212 g/mol. The van der Waals surface area contributed by atoms with Crippen molar-refractivity contribution in [2.24, 2.45) is 5.41 Å². The highest BCUT2D eigenvalue weighted by Crippen LogP contribution is 2.35. The van der Waals surface area contributed by atoms with Crippen molar-refractivity contribution in [1.82, 2.24) is 10.3 Å². The summed E-state index contributed by atoms with van der Waals surface area (Å²) in [5, 5.41) is 13.0. The molecule has 1 aromatic heterocycles. The van der Waals surface area contributed by atoms with Crippen LogP contribution in [0.1, 0.15) is 37.8 Å². The molecule has 0 spiro atoms. The molecule has 2 rings (SSSR count). The van der Waals surface area contributed by atoms with Crippen LogP contribution in [0.15, 0.2) is 24.4 Å². The molecule has 1 saturated carbocycles. The molecule has 0 amide bonds. The largest absolute Gasteiger partial charge is 0.396 e. The fourth-order valence-electron chi connectivity index (χ4n) is 2.65. The van der Waals surface area contributed by atoms with Gasteiger partial charge in [-0.25, -0.2) is 0 Å². The van der Waals surface area contributed by atoms with E-state index in [1.54, 1.807) is 0 Å². The van der Waals surface area contributed by atoms with Crippen LogP contribution in [0.25, 0.3) is 0 Å². The molecule has 1 aliphatic carbocycles. The van der Waals surface area contributed by atoms with Gasteiger partial charge >= 0.3 is 0 Å². The Morgan fingerprint density at radius 2 is 2.06 bits per heavy atom. The van der Waals surface area contributed by atoms with Gasteiger partial charge in [0.25, 0.3) is 0 Å². The molecule has 1 fully saturated rings. The second-order valence-corrected chi connectivity index (χ2v) is 5.14. The maximum atomic E-state index is 9.58. The highest BCUT2D eigenvalue weighted by Gasteiger charge is 2.30.